The number of fused-ring (bicyclic) bond motifs is 1. The number of nitrogens with one attached hydrogen (secondary N) is 2. The van der Waals surface area contributed by atoms with E-state index < -0.39 is 5.54 Å². The van der Waals surface area contributed by atoms with Crippen LogP contribution in [0.15, 0.2) is 18.2 Å². The molecule has 5 nitrogen and oxygen atoms in total. The molecular formula is C19H27N3O2. The van der Waals surface area contributed by atoms with Gasteiger partial charge in [-0.05, 0) is 50.3 Å². The second kappa shape index (κ2) is 6.55. The Kier molecular flexibility index (Phi) is 4.63. The second-order valence-corrected chi connectivity index (χ2v) is 7.50. The maximum Gasteiger partial charge on any atom is 0.225 e. The molecule has 1 aromatic rings. The third-order valence-electron chi connectivity index (χ3n) is 5.45. The molecule has 1 aliphatic carbocycles. The lowest BCUT2D eigenvalue weighted by Gasteiger charge is -2.37. The summed E-state index contributed by atoms with van der Waals surface area (Å²) in [6, 6.07) is 5.91. The number of benzene rings is 1. The molecule has 1 aliphatic heterocycles. The van der Waals surface area contributed by atoms with Gasteiger partial charge in [-0.2, -0.15) is 0 Å². The molecule has 1 saturated carbocycles. The predicted molar refractivity (Wildman–Crippen MR) is 94.5 cm³/mol. The quantitative estimate of drug-likeness (QED) is 0.797. The molecule has 3 rings (SSSR count). The number of amides is 2. The van der Waals surface area contributed by atoms with Crippen LogP contribution in [0.4, 0.5) is 5.69 Å². The van der Waals surface area contributed by atoms with E-state index >= 15 is 0 Å². The van der Waals surface area contributed by atoms with E-state index in [0.717, 1.165) is 48.9 Å². The molecule has 0 bridgehead atoms. The molecule has 24 heavy (non-hydrogen) atoms. The van der Waals surface area contributed by atoms with Gasteiger partial charge in [-0.25, -0.2) is 0 Å². The first kappa shape index (κ1) is 17.0. The highest BCUT2D eigenvalue weighted by atomic mass is 16.2. The van der Waals surface area contributed by atoms with Crippen LogP contribution in [0.2, 0.25) is 0 Å². The van der Waals surface area contributed by atoms with E-state index in [9.17, 15) is 9.59 Å². The molecule has 5 heteroatoms. The molecule has 2 amide bonds. The lowest BCUT2D eigenvalue weighted by molar-refractivity contribution is -0.128. The van der Waals surface area contributed by atoms with Crippen LogP contribution in [0, 0.1) is 5.92 Å². The standard InChI is InChI=1S/C19H27N3O2/c1-12(21-18(24)15-5-3-4-10-19(15,2)20)13-6-8-16-14(11-13)7-9-17(23)22-16/h6,8,11-12,15H,3-5,7,9-10,20H2,1-2H3,(H,21,24)(H,22,23). The zero-order valence-corrected chi connectivity index (χ0v) is 14.5. The molecule has 2 aliphatic rings. The van der Waals surface area contributed by atoms with Crippen LogP contribution < -0.4 is 16.4 Å². The van der Waals surface area contributed by atoms with E-state index in [2.05, 4.69) is 16.7 Å². The van der Waals surface area contributed by atoms with Gasteiger partial charge in [0.1, 0.15) is 0 Å². The third-order valence-corrected chi connectivity index (χ3v) is 5.45. The average Bonchev–Trinajstić information content (AvgIpc) is 2.53. The fourth-order valence-corrected chi connectivity index (χ4v) is 3.86. The summed E-state index contributed by atoms with van der Waals surface area (Å²) in [6.45, 7) is 3.99. The van der Waals surface area contributed by atoms with Crippen molar-refractivity contribution >= 4 is 17.5 Å². The van der Waals surface area contributed by atoms with Crippen LogP contribution >= 0.6 is 0 Å². The molecule has 0 spiro atoms. The number of hydrogen-bond acceptors (Lipinski definition) is 3. The molecule has 1 aromatic carbocycles. The van der Waals surface area contributed by atoms with Crippen LogP contribution in [-0.2, 0) is 16.0 Å². The van der Waals surface area contributed by atoms with E-state index in [1.54, 1.807) is 0 Å². The van der Waals surface area contributed by atoms with Crippen LogP contribution in [-0.4, -0.2) is 17.4 Å². The van der Waals surface area contributed by atoms with Gasteiger partial charge in [-0.3, -0.25) is 9.59 Å². The highest BCUT2D eigenvalue weighted by Crippen LogP contribution is 2.32. The summed E-state index contributed by atoms with van der Waals surface area (Å²) < 4.78 is 0. The van der Waals surface area contributed by atoms with Crippen molar-refractivity contribution in [3.05, 3.63) is 29.3 Å². The SMILES string of the molecule is CC(NC(=O)C1CCCCC1(C)N)c1ccc2c(c1)CCC(=O)N2. The van der Waals surface area contributed by atoms with Crippen LogP contribution in [0.1, 0.15) is 63.1 Å². The van der Waals surface area contributed by atoms with E-state index in [1.807, 2.05) is 26.0 Å². The number of carbonyl (C=O) groups is 2. The maximum absolute atomic E-state index is 12.7. The minimum atomic E-state index is -0.414. The summed E-state index contributed by atoms with van der Waals surface area (Å²) in [5.74, 6) is -0.0000278. The molecule has 3 atom stereocenters. The van der Waals surface area contributed by atoms with Crippen LogP contribution in [0.25, 0.3) is 0 Å². The second-order valence-electron chi connectivity index (χ2n) is 7.50. The van der Waals surface area contributed by atoms with Crippen molar-refractivity contribution in [1.29, 1.82) is 0 Å². The fourth-order valence-electron chi connectivity index (χ4n) is 3.86. The molecule has 0 radical (unpaired) electrons. The number of carbonyl (C=O) groups excluding carboxylic acids is 2. The summed E-state index contributed by atoms with van der Waals surface area (Å²) in [7, 11) is 0. The van der Waals surface area contributed by atoms with Gasteiger partial charge in [-0.15, -0.1) is 0 Å². The molecule has 1 heterocycles. The van der Waals surface area contributed by atoms with Crippen molar-refractivity contribution in [3.63, 3.8) is 0 Å². The van der Waals surface area contributed by atoms with E-state index in [0.29, 0.717) is 6.42 Å². The average molecular weight is 329 g/mol. The summed E-state index contributed by atoms with van der Waals surface area (Å²) in [5.41, 5.74) is 9.01. The van der Waals surface area contributed by atoms with Crippen LogP contribution in [0.5, 0.6) is 0 Å². The van der Waals surface area contributed by atoms with Crippen molar-refractivity contribution < 1.29 is 9.59 Å². The first-order chi connectivity index (χ1) is 11.4. The molecule has 3 unspecified atom stereocenters. The molecular weight excluding hydrogens is 302 g/mol. The van der Waals surface area contributed by atoms with Crippen molar-refractivity contribution in [1.82, 2.24) is 5.32 Å². The van der Waals surface area contributed by atoms with Crippen molar-refractivity contribution in [2.24, 2.45) is 11.7 Å². The smallest absolute Gasteiger partial charge is 0.225 e. The van der Waals surface area contributed by atoms with Gasteiger partial charge >= 0.3 is 0 Å². The van der Waals surface area contributed by atoms with Gasteiger partial charge in [0.05, 0.1) is 12.0 Å². The summed E-state index contributed by atoms with van der Waals surface area (Å²) in [6.07, 6.45) is 5.20. The molecule has 4 N–H and O–H groups in total. The van der Waals surface area contributed by atoms with Crippen molar-refractivity contribution in [2.75, 3.05) is 5.32 Å². The van der Waals surface area contributed by atoms with Gasteiger partial charge in [0.2, 0.25) is 11.8 Å². The minimum absolute atomic E-state index is 0.0539. The highest BCUT2D eigenvalue weighted by Gasteiger charge is 2.38. The van der Waals surface area contributed by atoms with Gasteiger partial charge in [0, 0.05) is 17.6 Å². The van der Waals surface area contributed by atoms with E-state index in [4.69, 9.17) is 5.73 Å². The molecule has 0 saturated heterocycles. The van der Waals surface area contributed by atoms with Crippen molar-refractivity contribution in [3.8, 4) is 0 Å². The zero-order chi connectivity index (χ0) is 17.3. The van der Waals surface area contributed by atoms with Crippen molar-refractivity contribution in [2.45, 2.75) is 64.0 Å². The van der Waals surface area contributed by atoms with Gasteiger partial charge in [0.25, 0.3) is 0 Å². The summed E-state index contributed by atoms with van der Waals surface area (Å²) in [4.78, 5) is 24.1. The Bertz CT molecular complexity index is 654. The molecule has 0 aromatic heterocycles. The Labute approximate surface area is 143 Å². The van der Waals surface area contributed by atoms with Crippen LogP contribution in [0.3, 0.4) is 0 Å². The fraction of sp³-hybridized carbons (Fsp3) is 0.579. The third kappa shape index (κ3) is 3.46. The number of hydrogen-bond donors (Lipinski definition) is 3. The van der Waals surface area contributed by atoms with Gasteiger partial charge in [-0.1, -0.05) is 25.0 Å². The number of nitrogens with two attached hydrogens (primary N) is 1. The monoisotopic (exact) mass is 329 g/mol. The first-order valence-electron chi connectivity index (χ1n) is 8.89. The molecule has 1 fully saturated rings. The Morgan fingerprint density at radius 2 is 2.17 bits per heavy atom. The lowest BCUT2D eigenvalue weighted by atomic mass is 9.74. The predicted octanol–water partition coefficient (Wildman–Crippen LogP) is 2.66. The minimum Gasteiger partial charge on any atom is -0.349 e. The Morgan fingerprint density at radius 3 is 2.92 bits per heavy atom. The number of rotatable bonds is 3. The topological polar surface area (TPSA) is 84.2 Å². The normalized spacial score (nSPS) is 27.8. The Balaban J connectivity index is 1.69. The van der Waals surface area contributed by atoms with E-state index in [1.165, 1.54) is 0 Å². The Morgan fingerprint density at radius 1 is 1.38 bits per heavy atom. The lowest BCUT2D eigenvalue weighted by Crippen LogP contribution is -2.53. The Hall–Kier alpha value is -1.88. The maximum atomic E-state index is 12.7. The first-order valence-corrected chi connectivity index (χ1v) is 8.89. The summed E-state index contributed by atoms with van der Waals surface area (Å²) in [5, 5.41) is 6.02. The summed E-state index contributed by atoms with van der Waals surface area (Å²) >= 11 is 0. The highest BCUT2D eigenvalue weighted by molar-refractivity contribution is 5.93. The number of aryl methyl sites for hydroxylation is 1. The van der Waals surface area contributed by atoms with Gasteiger partial charge < -0.3 is 16.4 Å². The number of anilines is 1. The van der Waals surface area contributed by atoms with E-state index in [-0.39, 0.29) is 23.8 Å². The zero-order valence-electron chi connectivity index (χ0n) is 14.5. The van der Waals surface area contributed by atoms with Gasteiger partial charge in [0.15, 0.2) is 0 Å². The molecule has 130 valence electrons. The largest absolute Gasteiger partial charge is 0.349 e.